The lowest BCUT2D eigenvalue weighted by Crippen LogP contribution is -2.43. The molecule has 2 saturated carbocycles. The maximum atomic E-state index is 10.7. The molecule has 4 unspecified atom stereocenters. The maximum Gasteiger partial charge on any atom is 0.225 e. The Morgan fingerprint density at radius 1 is 1.11 bits per heavy atom. The maximum absolute atomic E-state index is 10.7. The van der Waals surface area contributed by atoms with Gasteiger partial charge in [0.15, 0.2) is 0 Å². The number of hydrogen-bond acceptors (Lipinski definition) is 8. The molecule has 186 valence electrons. The quantitative estimate of drug-likeness (QED) is 0.302. The average Bonchev–Trinajstić information content (AvgIpc) is 3.14. The fourth-order valence-electron chi connectivity index (χ4n) is 5.88. The standard InChI is InChI=1S/C28H31N5O2S/c1-16-22(25-31-20-10-5-6-11-21(20)36-25)24(33-27(2)13-12-19-23(34)28(19,27)3)32-26(30-16)29-15-17-8-7-9-18(14-17)35-4/h5-11,14,19,23,34H,12-13,15H2,1-4H3,(H2,29,30,32,33). The van der Waals surface area contributed by atoms with Crippen LogP contribution in [0.15, 0.2) is 48.5 Å². The second-order valence-corrected chi connectivity index (χ2v) is 11.4. The van der Waals surface area contributed by atoms with Crippen molar-refractivity contribution in [3.8, 4) is 16.3 Å². The Morgan fingerprint density at radius 2 is 1.94 bits per heavy atom. The summed E-state index contributed by atoms with van der Waals surface area (Å²) in [6.07, 6.45) is 1.73. The number of aromatic nitrogens is 3. The van der Waals surface area contributed by atoms with Gasteiger partial charge in [-0.2, -0.15) is 4.98 Å². The predicted molar refractivity (Wildman–Crippen MR) is 145 cm³/mol. The number of benzene rings is 2. The lowest BCUT2D eigenvalue weighted by molar-refractivity contribution is 0.172. The minimum atomic E-state index is -0.275. The molecular weight excluding hydrogens is 470 g/mol. The number of nitrogens with zero attached hydrogens (tertiary/aromatic N) is 3. The van der Waals surface area contributed by atoms with Crippen LogP contribution in [0.4, 0.5) is 11.8 Å². The van der Waals surface area contributed by atoms with Crippen LogP contribution >= 0.6 is 11.3 Å². The topological polar surface area (TPSA) is 92.2 Å². The van der Waals surface area contributed by atoms with Gasteiger partial charge in [0.2, 0.25) is 5.95 Å². The van der Waals surface area contributed by atoms with E-state index in [2.05, 4.69) is 30.5 Å². The van der Waals surface area contributed by atoms with Crippen molar-refractivity contribution in [1.29, 1.82) is 0 Å². The van der Waals surface area contributed by atoms with E-state index in [0.717, 1.165) is 56.5 Å². The zero-order valence-electron chi connectivity index (χ0n) is 21.0. The Morgan fingerprint density at radius 3 is 2.69 bits per heavy atom. The monoisotopic (exact) mass is 501 g/mol. The summed E-state index contributed by atoms with van der Waals surface area (Å²) in [6.45, 7) is 6.99. The van der Waals surface area contributed by atoms with Crippen LogP contribution in [0.25, 0.3) is 20.8 Å². The molecule has 2 fully saturated rings. The van der Waals surface area contributed by atoms with Crippen molar-refractivity contribution in [2.45, 2.75) is 51.8 Å². The van der Waals surface area contributed by atoms with Crippen molar-refractivity contribution < 1.29 is 9.84 Å². The van der Waals surface area contributed by atoms with Gasteiger partial charge in [-0.1, -0.05) is 31.2 Å². The summed E-state index contributed by atoms with van der Waals surface area (Å²) in [5, 5.41) is 18.7. The van der Waals surface area contributed by atoms with Crippen molar-refractivity contribution in [3.63, 3.8) is 0 Å². The Balaban J connectivity index is 1.38. The summed E-state index contributed by atoms with van der Waals surface area (Å²) < 4.78 is 6.49. The first-order valence-corrected chi connectivity index (χ1v) is 13.2. The lowest BCUT2D eigenvalue weighted by atomic mass is 9.84. The molecule has 0 bridgehead atoms. The number of nitrogens with one attached hydrogen (secondary N) is 2. The number of methoxy groups -OCH3 is 1. The van der Waals surface area contributed by atoms with Crippen LogP contribution in [-0.2, 0) is 6.54 Å². The van der Waals surface area contributed by atoms with E-state index in [0.29, 0.717) is 18.4 Å². The first-order valence-electron chi connectivity index (χ1n) is 12.4. The Bertz CT molecular complexity index is 1420. The molecule has 4 aromatic rings. The molecule has 6 rings (SSSR count). The van der Waals surface area contributed by atoms with Crippen LogP contribution < -0.4 is 15.4 Å². The van der Waals surface area contributed by atoms with Crippen LogP contribution in [0.3, 0.4) is 0 Å². The summed E-state index contributed by atoms with van der Waals surface area (Å²) in [5.74, 6) is 2.48. The highest BCUT2D eigenvalue weighted by Gasteiger charge is 2.73. The van der Waals surface area contributed by atoms with Gasteiger partial charge in [-0.15, -0.1) is 11.3 Å². The normalized spacial score (nSPS) is 26.6. The Kier molecular flexibility index (Phi) is 5.42. The van der Waals surface area contributed by atoms with Gasteiger partial charge in [-0.05, 0) is 62.4 Å². The van der Waals surface area contributed by atoms with Crippen molar-refractivity contribution in [2.24, 2.45) is 11.3 Å². The summed E-state index contributed by atoms with van der Waals surface area (Å²) in [4.78, 5) is 14.7. The van der Waals surface area contributed by atoms with Crippen LogP contribution in [-0.4, -0.2) is 38.8 Å². The third-order valence-electron chi connectivity index (χ3n) is 8.38. The number of aliphatic hydroxyl groups is 1. The van der Waals surface area contributed by atoms with Gasteiger partial charge >= 0.3 is 0 Å². The number of thiazole rings is 1. The predicted octanol–water partition coefficient (Wildman–Crippen LogP) is 5.64. The summed E-state index contributed by atoms with van der Waals surface area (Å²) in [6, 6.07) is 16.1. The number of hydrogen-bond donors (Lipinski definition) is 3. The molecule has 3 N–H and O–H groups in total. The van der Waals surface area contributed by atoms with Crippen LogP contribution in [0.2, 0.25) is 0 Å². The molecule has 8 heteroatoms. The van der Waals surface area contributed by atoms with Gasteiger partial charge in [0.25, 0.3) is 0 Å². The smallest absolute Gasteiger partial charge is 0.225 e. The number of fused-ring (bicyclic) bond motifs is 2. The highest BCUT2D eigenvalue weighted by Crippen LogP contribution is 2.68. The molecule has 2 heterocycles. The molecule has 0 radical (unpaired) electrons. The van der Waals surface area contributed by atoms with Gasteiger partial charge < -0.3 is 20.5 Å². The van der Waals surface area contributed by atoms with Crippen LogP contribution in [0.1, 0.15) is 37.9 Å². The zero-order valence-corrected chi connectivity index (χ0v) is 21.8. The summed E-state index contributed by atoms with van der Waals surface area (Å²) in [7, 11) is 1.67. The van der Waals surface area contributed by atoms with E-state index in [9.17, 15) is 5.11 Å². The third-order valence-corrected chi connectivity index (χ3v) is 9.43. The number of aryl methyl sites for hydroxylation is 1. The molecule has 7 nitrogen and oxygen atoms in total. The zero-order chi connectivity index (χ0) is 25.1. The van der Waals surface area contributed by atoms with E-state index in [1.165, 1.54) is 0 Å². The van der Waals surface area contributed by atoms with Gasteiger partial charge in [0.1, 0.15) is 16.6 Å². The van der Waals surface area contributed by atoms with Crippen molar-refractivity contribution in [3.05, 3.63) is 59.8 Å². The number of rotatable bonds is 7. The van der Waals surface area contributed by atoms with Crippen LogP contribution in [0, 0.1) is 18.3 Å². The van der Waals surface area contributed by atoms with Crippen molar-refractivity contribution in [2.75, 3.05) is 17.7 Å². The SMILES string of the molecule is COc1cccc(CNc2nc(C)c(-c3nc4ccccc4s3)c(NC3(C)CCC4C(O)C43C)n2)c1. The lowest BCUT2D eigenvalue weighted by Gasteiger charge is -2.36. The highest BCUT2D eigenvalue weighted by atomic mass is 32.1. The van der Waals surface area contributed by atoms with E-state index in [4.69, 9.17) is 19.7 Å². The molecule has 2 aliphatic rings. The molecule has 0 spiro atoms. The molecule has 4 atom stereocenters. The van der Waals surface area contributed by atoms with Crippen molar-refractivity contribution in [1.82, 2.24) is 15.0 Å². The Hall–Kier alpha value is -3.23. The third kappa shape index (κ3) is 3.62. The molecule has 2 aliphatic carbocycles. The van der Waals surface area contributed by atoms with E-state index in [1.807, 2.05) is 49.4 Å². The number of aliphatic hydroxyl groups excluding tert-OH is 1. The van der Waals surface area contributed by atoms with E-state index >= 15 is 0 Å². The van der Waals surface area contributed by atoms with Gasteiger partial charge in [-0.3, -0.25) is 0 Å². The number of ether oxygens (including phenoxy) is 1. The first kappa shape index (κ1) is 23.2. The molecular formula is C28H31N5O2S. The molecule has 0 amide bonds. The molecule has 36 heavy (non-hydrogen) atoms. The minimum Gasteiger partial charge on any atom is -0.497 e. The largest absolute Gasteiger partial charge is 0.497 e. The molecule has 2 aromatic heterocycles. The number of para-hydroxylation sites is 1. The first-order chi connectivity index (χ1) is 17.3. The minimum absolute atomic E-state index is 0.162. The van der Waals surface area contributed by atoms with Crippen molar-refractivity contribution >= 4 is 33.3 Å². The highest BCUT2D eigenvalue weighted by molar-refractivity contribution is 7.21. The molecule has 0 aliphatic heterocycles. The van der Waals surface area contributed by atoms with E-state index < -0.39 is 0 Å². The van der Waals surface area contributed by atoms with E-state index in [1.54, 1.807) is 18.4 Å². The summed E-state index contributed by atoms with van der Waals surface area (Å²) in [5.41, 5.74) is 3.41. The average molecular weight is 502 g/mol. The second kappa shape index (κ2) is 8.42. The van der Waals surface area contributed by atoms with Crippen LogP contribution in [0.5, 0.6) is 5.75 Å². The summed E-state index contributed by atoms with van der Waals surface area (Å²) >= 11 is 1.65. The molecule has 0 saturated heterocycles. The number of anilines is 2. The molecule has 2 aromatic carbocycles. The van der Waals surface area contributed by atoms with Gasteiger partial charge in [0.05, 0.1) is 34.7 Å². The fourth-order valence-corrected chi connectivity index (χ4v) is 6.95. The fraction of sp³-hybridized carbons (Fsp3) is 0.393. The second-order valence-electron chi connectivity index (χ2n) is 10.4. The Labute approximate surface area is 215 Å². The van der Waals surface area contributed by atoms with Gasteiger partial charge in [0, 0.05) is 17.5 Å². The van der Waals surface area contributed by atoms with E-state index in [-0.39, 0.29) is 17.1 Å². The van der Waals surface area contributed by atoms with Gasteiger partial charge in [-0.25, -0.2) is 9.97 Å².